The SMILES string of the molecule is C[B]Cc1cc(OC)cc(OCCCOCC)c1. The van der Waals surface area contributed by atoms with Crippen LogP contribution in [0.2, 0.25) is 6.82 Å². The summed E-state index contributed by atoms with van der Waals surface area (Å²) in [6.07, 6.45) is 1.83. The molecule has 0 aromatic heterocycles. The molecule has 0 bridgehead atoms. The first-order chi connectivity index (χ1) is 8.80. The Morgan fingerprint density at radius 2 is 1.89 bits per heavy atom. The molecule has 4 heteroatoms. The first-order valence-electron chi connectivity index (χ1n) is 6.46. The highest BCUT2D eigenvalue weighted by molar-refractivity contribution is 6.32. The summed E-state index contributed by atoms with van der Waals surface area (Å²) in [6.45, 7) is 6.21. The lowest BCUT2D eigenvalue weighted by Crippen LogP contribution is -2.03. The van der Waals surface area contributed by atoms with E-state index in [9.17, 15) is 0 Å². The molecule has 1 aromatic carbocycles. The molecule has 99 valence electrons. The lowest BCUT2D eigenvalue weighted by atomic mass is 9.75. The highest BCUT2D eigenvalue weighted by atomic mass is 16.5. The van der Waals surface area contributed by atoms with Gasteiger partial charge in [0.15, 0.2) is 0 Å². The quantitative estimate of drug-likeness (QED) is 0.497. The molecule has 1 aromatic rings. The van der Waals surface area contributed by atoms with E-state index in [-0.39, 0.29) is 0 Å². The van der Waals surface area contributed by atoms with Crippen LogP contribution >= 0.6 is 0 Å². The molecule has 0 saturated heterocycles. The number of hydrogen-bond acceptors (Lipinski definition) is 3. The molecule has 0 heterocycles. The van der Waals surface area contributed by atoms with Crippen LogP contribution in [0.5, 0.6) is 11.5 Å². The predicted octanol–water partition coefficient (Wildman–Crippen LogP) is 2.75. The minimum absolute atomic E-state index is 0.669. The van der Waals surface area contributed by atoms with Gasteiger partial charge in [0.25, 0.3) is 0 Å². The zero-order chi connectivity index (χ0) is 13.2. The smallest absolute Gasteiger partial charge is 0.123 e. The second-order valence-corrected chi connectivity index (χ2v) is 4.03. The molecule has 3 nitrogen and oxygen atoms in total. The van der Waals surface area contributed by atoms with Crippen LogP contribution < -0.4 is 9.47 Å². The number of methoxy groups -OCH3 is 1. The minimum atomic E-state index is 0.669. The zero-order valence-corrected chi connectivity index (χ0v) is 11.6. The maximum atomic E-state index is 5.71. The maximum Gasteiger partial charge on any atom is 0.123 e. The van der Waals surface area contributed by atoms with Gasteiger partial charge in [0.2, 0.25) is 0 Å². The molecule has 0 atom stereocenters. The van der Waals surface area contributed by atoms with Crippen molar-refractivity contribution < 1.29 is 14.2 Å². The molecule has 0 aliphatic heterocycles. The Balaban J connectivity index is 2.50. The van der Waals surface area contributed by atoms with E-state index < -0.39 is 0 Å². The van der Waals surface area contributed by atoms with Crippen molar-refractivity contribution in [3.63, 3.8) is 0 Å². The summed E-state index contributed by atoms with van der Waals surface area (Å²) in [6, 6.07) is 6.01. The van der Waals surface area contributed by atoms with Gasteiger partial charge in [-0.25, -0.2) is 0 Å². The normalized spacial score (nSPS) is 10.2. The Hall–Kier alpha value is -1.16. The molecule has 0 unspecified atom stereocenters. The fraction of sp³-hybridized carbons (Fsp3) is 0.571. The highest BCUT2D eigenvalue weighted by Gasteiger charge is 2.02. The van der Waals surface area contributed by atoms with Gasteiger partial charge in [0.05, 0.1) is 13.7 Å². The van der Waals surface area contributed by atoms with E-state index in [4.69, 9.17) is 14.2 Å². The number of hydrogen-bond donors (Lipinski definition) is 0. The van der Waals surface area contributed by atoms with Crippen molar-refractivity contribution in [3.05, 3.63) is 23.8 Å². The van der Waals surface area contributed by atoms with Gasteiger partial charge in [0, 0.05) is 25.7 Å². The molecular formula is C14H22BO3. The average molecular weight is 249 g/mol. The van der Waals surface area contributed by atoms with Gasteiger partial charge in [-0.1, -0.05) is 13.1 Å². The van der Waals surface area contributed by atoms with Gasteiger partial charge in [0.1, 0.15) is 18.8 Å². The fourth-order valence-electron chi connectivity index (χ4n) is 1.68. The molecule has 1 rings (SSSR count). The third-order valence-corrected chi connectivity index (χ3v) is 2.52. The monoisotopic (exact) mass is 249 g/mol. The Morgan fingerprint density at radius 1 is 1.11 bits per heavy atom. The molecule has 0 N–H and O–H groups in total. The van der Waals surface area contributed by atoms with Crippen molar-refractivity contribution in [2.24, 2.45) is 0 Å². The maximum absolute atomic E-state index is 5.71. The zero-order valence-electron chi connectivity index (χ0n) is 11.6. The lowest BCUT2D eigenvalue weighted by Gasteiger charge is -2.10. The first-order valence-corrected chi connectivity index (χ1v) is 6.46. The lowest BCUT2D eigenvalue weighted by molar-refractivity contribution is 0.131. The van der Waals surface area contributed by atoms with Gasteiger partial charge >= 0.3 is 0 Å². The summed E-state index contributed by atoms with van der Waals surface area (Å²) in [5.41, 5.74) is 1.21. The largest absolute Gasteiger partial charge is 0.497 e. The Bertz CT molecular complexity index is 342. The van der Waals surface area contributed by atoms with Crippen molar-refractivity contribution in [1.29, 1.82) is 0 Å². The van der Waals surface area contributed by atoms with E-state index in [0.717, 1.165) is 37.5 Å². The van der Waals surface area contributed by atoms with Crippen LogP contribution in [0.25, 0.3) is 0 Å². The fourth-order valence-corrected chi connectivity index (χ4v) is 1.68. The number of ether oxygens (including phenoxy) is 3. The topological polar surface area (TPSA) is 27.7 Å². The third-order valence-electron chi connectivity index (χ3n) is 2.52. The summed E-state index contributed by atoms with van der Waals surface area (Å²) in [4.78, 5) is 0. The standard InChI is InChI=1S/C14H22BO3/c1-4-17-6-5-7-18-14-9-12(11-15-2)8-13(10-14)16-3/h8-10H,4-7,11H2,1-3H3. The molecule has 0 aliphatic rings. The molecule has 0 spiro atoms. The summed E-state index contributed by atoms with van der Waals surface area (Å²) >= 11 is 0. The Kier molecular flexibility index (Phi) is 7.34. The number of rotatable bonds is 9. The van der Waals surface area contributed by atoms with E-state index in [2.05, 4.69) is 13.3 Å². The third kappa shape index (κ3) is 5.45. The second kappa shape index (κ2) is 8.87. The van der Waals surface area contributed by atoms with E-state index in [1.54, 1.807) is 7.11 Å². The van der Waals surface area contributed by atoms with E-state index >= 15 is 0 Å². The van der Waals surface area contributed by atoms with Crippen LogP contribution in [0.4, 0.5) is 0 Å². The van der Waals surface area contributed by atoms with Crippen LogP contribution in [0.1, 0.15) is 18.9 Å². The van der Waals surface area contributed by atoms with Gasteiger partial charge in [-0.3, -0.25) is 0 Å². The van der Waals surface area contributed by atoms with Crippen molar-refractivity contribution in [1.82, 2.24) is 0 Å². The van der Waals surface area contributed by atoms with Gasteiger partial charge in [-0.2, -0.15) is 0 Å². The van der Waals surface area contributed by atoms with Crippen molar-refractivity contribution in [2.75, 3.05) is 26.9 Å². The molecule has 0 saturated carbocycles. The van der Waals surface area contributed by atoms with Crippen LogP contribution in [-0.2, 0) is 11.1 Å². The van der Waals surface area contributed by atoms with Crippen LogP contribution in [0.15, 0.2) is 18.2 Å². The van der Waals surface area contributed by atoms with Gasteiger partial charge < -0.3 is 14.2 Å². The number of benzene rings is 1. The predicted molar refractivity (Wildman–Crippen MR) is 74.9 cm³/mol. The summed E-state index contributed by atoms with van der Waals surface area (Å²) in [7, 11) is 3.79. The Labute approximate surface area is 111 Å². The molecule has 0 fully saturated rings. The van der Waals surface area contributed by atoms with Crippen LogP contribution in [-0.4, -0.2) is 34.2 Å². The van der Waals surface area contributed by atoms with Crippen LogP contribution in [0.3, 0.4) is 0 Å². The second-order valence-electron chi connectivity index (χ2n) is 4.03. The molecule has 1 radical (unpaired) electrons. The summed E-state index contributed by atoms with van der Waals surface area (Å²) in [5.74, 6) is 1.71. The Morgan fingerprint density at radius 3 is 2.56 bits per heavy atom. The van der Waals surface area contributed by atoms with E-state index in [1.165, 1.54) is 5.56 Å². The van der Waals surface area contributed by atoms with E-state index in [0.29, 0.717) is 6.61 Å². The summed E-state index contributed by atoms with van der Waals surface area (Å²) < 4.78 is 16.2. The van der Waals surface area contributed by atoms with Crippen LogP contribution in [0, 0.1) is 0 Å². The average Bonchev–Trinajstić information content (AvgIpc) is 2.38. The summed E-state index contributed by atoms with van der Waals surface area (Å²) in [5, 5.41) is 0. The highest BCUT2D eigenvalue weighted by Crippen LogP contribution is 2.23. The molecule has 18 heavy (non-hydrogen) atoms. The van der Waals surface area contributed by atoms with Crippen molar-refractivity contribution >= 4 is 7.28 Å². The molecular weight excluding hydrogens is 227 g/mol. The van der Waals surface area contributed by atoms with E-state index in [1.807, 2.05) is 25.9 Å². The first kappa shape index (κ1) is 14.9. The van der Waals surface area contributed by atoms with Gasteiger partial charge in [-0.05, 0) is 24.6 Å². The van der Waals surface area contributed by atoms with Crippen molar-refractivity contribution in [2.45, 2.75) is 26.5 Å². The molecule has 0 aliphatic carbocycles. The van der Waals surface area contributed by atoms with Gasteiger partial charge in [-0.15, -0.1) is 0 Å². The minimum Gasteiger partial charge on any atom is -0.497 e. The van der Waals surface area contributed by atoms with Crippen molar-refractivity contribution in [3.8, 4) is 11.5 Å². The molecule has 0 amide bonds.